The average molecular weight is 308 g/mol. The number of carbonyl (C=O) groups excluding carboxylic acids is 1. The van der Waals surface area contributed by atoms with Crippen LogP contribution in [-0.2, 0) is 14.4 Å². The second-order valence-electron chi connectivity index (χ2n) is 4.05. The third-order valence-electron chi connectivity index (χ3n) is 2.54. The Labute approximate surface area is 121 Å². The molecule has 0 saturated carbocycles. The van der Waals surface area contributed by atoms with Crippen molar-refractivity contribution in [2.45, 2.75) is 18.7 Å². The molecule has 0 unspecified atom stereocenters. The molecule has 98 valence electrons. The summed E-state index contributed by atoms with van der Waals surface area (Å²) in [5.74, 6) is -0.763. The molecule has 0 aromatic heterocycles. The first-order valence-corrected chi connectivity index (χ1v) is 6.49. The summed E-state index contributed by atoms with van der Waals surface area (Å²) in [4.78, 5) is 10.8. The molecular formula is C13H13Cl3O2. The molecule has 0 heterocycles. The Hall–Kier alpha value is -0.700. The van der Waals surface area contributed by atoms with Gasteiger partial charge in [-0.15, -0.1) is 11.6 Å². The van der Waals surface area contributed by atoms with Crippen LogP contribution in [0.1, 0.15) is 19.4 Å². The molecule has 0 spiro atoms. The first-order chi connectivity index (χ1) is 8.39. The Morgan fingerprint density at radius 2 is 1.83 bits per heavy atom. The lowest BCUT2D eigenvalue weighted by atomic mass is 9.87. The average Bonchev–Trinajstić information content (AvgIpc) is 2.35. The molecule has 0 aliphatic carbocycles. The molecule has 0 amide bonds. The van der Waals surface area contributed by atoms with Gasteiger partial charge >= 0.3 is 5.97 Å². The first kappa shape index (κ1) is 15.4. The lowest BCUT2D eigenvalue weighted by molar-refractivity contribution is -0.142. The van der Waals surface area contributed by atoms with Gasteiger partial charge in [0.1, 0.15) is 10.8 Å². The van der Waals surface area contributed by atoms with Crippen LogP contribution in [0.3, 0.4) is 0 Å². The number of esters is 1. The van der Waals surface area contributed by atoms with Gasteiger partial charge in [-0.05, 0) is 11.5 Å². The summed E-state index contributed by atoms with van der Waals surface area (Å²) in [5.41, 5.74) is 0.672. The highest BCUT2D eigenvalue weighted by Gasteiger charge is 2.42. The Morgan fingerprint density at radius 3 is 2.28 bits per heavy atom. The van der Waals surface area contributed by atoms with Gasteiger partial charge in [-0.2, -0.15) is 0 Å². The molecule has 0 aliphatic heterocycles. The van der Waals surface area contributed by atoms with E-state index in [1.165, 1.54) is 0 Å². The summed E-state index contributed by atoms with van der Waals surface area (Å²) >= 11 is 17.3. The van der Waals surface area contributed by atoms with Crippen LogP contribution < -0.4 is 0 Å². The van der Waals surface area contributed by atoms with Gasteiger partial charge in [-0.3, -0.25) is 0 Å². The zero-order valence-electron chi connectivity index (χ0n) is 9.99. The molecule has 5 heteroatoms. The van der Waals surface area contributed by atoms with E-state index in [0.29, 0.717) is 5.56 Å². The molecule has 1 aromatic carbocycles. The smallest absolute Gasteiger partial charge is 0.336 e. The minimum Gasteiger partial charge on any atom is -0.430 e. The van der Waals surface area contributed by atoms with Crippen LogP contribution in [0.5, 0.6) is 0 Å². The van der Waals surface area contributed by atoms with E-state index < -0.39 is 10.8 Å². The Bertz CT molecular complexity index is 439. The fourth-order valence-corrected chi connectivity index (χ4v) is 1.81. The Kier molecular flexibility index (Phi) is 5.51. The van der Waals surface area contributed by atoms with Gasteiger partial charge in [-0.1, -0.05) is 67.4 Å². The lowest BCUT2D eigenvalue weighted by Gasteiger charge is -2.28. The summed E-state index contributed by atoms with van der Waals surface area (Å²) in [7, 11) is 0. The van der Waals surface area contributed by atoms with Gasteiger partial charge in [0.05, 0.1) is 0 Å². The standard InChI is InChI=1S/C13H13Cl3O2/c1-9(2)13(16,10-6-4-3-5-7-10)12(17)18-8-11(14)15/h3-9H,1-2H3/t13-/m0/s1. The topological polar surface area (TPSA) is 26.3 Å². The molecule has 1 aromatic rings. The molecule has 0 aliphatic rings. The molecule has 1 atom stereocenters. The number of rotatable bonds is 4. The number of hydrogen-bond acceptors (Lipinski definition) is 2. The largest absolute Gasteiger partial charge is 0.430 e. The van der Waals surface area contributed by atoms with Gasteiger partial charge in [0.2, 0.25) is 0 Å². The van der Waals surface area contributed by atoms with E-state index in [9.17, 15) is 4.79 Å². The van der Waals surface area contributed by atoms with E-state index in [-0.39, 0.29) is 10.4 Å². The fourth-order valence-electron chi connectivity index (χ4n) is 1.55. The highest BCUT2D eigenvalue weighted by molar-refractivity contribution is 6.55. The van der Waals surface area contributed by atoms with Crippen LogP contribution in [0.2, 0.25) is 0 Å². The van der Waals surface area contributed by atoms with Crippen molar-refractivity contribution in [2.24, 2.45) is 5.92 Å². The van der Waals surface area contributed by atoms with Crippen LogP contribution in [0, 0.1) is 5.92 Å². The molecule has 2 nitrogen and oxygen atoms in total. The summed E-state index contributed by atoms with van der Waals surface area (Å²) < 4.78 is 4.75. The Balaban J connectivity index is 3.09. The zero-order chi connectivity index (χ0) is 13.8. The van der Waals surface area contributed by atoms with Crippen molar-refractivity contribution < 1.29 is 9.53 Å². The summed E-state index contributed by atoms with van der Waals surface area (Å²) in [5, 5.41) is 0. The number of benzene rings is 1. The van der Waals surface area contributed by atoms with Crippen LogP contribution in [0.25, 0.3) is 0 Å². The molecule has 0 bridgehead atoms. The summed E-state index contributed by atoms with van der Waals surface area (Å²) in [6.45, 7) is 3.68. The zero-order valence-corrected chi connectivity index (χ0v) is 12.3. The third-order valence-corrected chi connectivity index (χ3v) is 3.53. The van der Waals surface area contributed by atoms with Crippen molar-refractivity contribution >= 4 is 40.8 Å². The second kappa shape index (κ2) is 6.46. The van der Waals surface area contributed by atoms with Crippen molar-refractivity contribution in [1.82, 2.24) is 0 Å². The molecule has 18 heavy (non-hydrogen) atoms. The normalized spacial score (nSPS) is 13.9. The van der Waals surface area contributed by atoms with Crippen LogP contribution in [0.15, 0.2) is 41.1 Å². The van der Waals surface area contributed by atoms with Crippen LogP contribution in [0.4, 0.5) is 0 Å². The van der Waals surface area contributed by atoms with E-state index in [4.69, 9.17) is 39.5 Å². The van der Waals surface area contributed by atoms with Crippen molar-refractivity contribution in [3.05, 3.63) is 46.6 Å². The summed E-state index contributed by atoms with van der Waals surface area (Å²) in [6, 6.07) is 9.03. The van der Waals surface area contributed by atoms with Gasteiger partial charge in [0, 0.05) is 0 Å². The van der Waals surface area contributed by atoms with E-state index in [2.05, 4.69) is 0 Å². The van der Waals surface area contributed by atoms with E-state index in [1.807, 2.05) is 32.0 Å². The minimum atomic E-state index is -1.26. The predicted molar refractivity (Wildman–Crippen MR) is 74.7 cm³/mol. The molecule has 0 radical (unpaired) electrons. The van der Waals surface area contributed by atoms with Crippen molar-refractivity contribution in [3.8, 4) is 0 Å². The molecule has 0 saturated heterocycles. The number of hydrogen-bond donors (Lipinski definition) is 0. The highest BCUT2D eigenvalue weighted by Crippen LogP contribution is 2.38. The van der Waals surface area contributed by atoms with Crippen LogP contribution in [-0.4, -0.2) is 5.97 Å². The number of alkyl halides is 1. The Morgan fingerprint density at radius 1 is 1.28 bits per heavy atom. The van der Waals surface area contributed by atoms with Gasteiger partial charge in [0.25, 0.3) is 0 Å². The van der Waals surface area contributed by atoms with Gasteiger partial charge in [0.15, 0.2) is 4.87 Å². The van der Waals surface area contributed by atoms with Crippen molar-refractivity contribution in [2.75, 3.05) is 0 Å². The number of carbonyl (C=O) groups is 1. The number of ether oxygens (including phenoxy) is 1. The molecule has 0 N–H and O–H groups in total. The quantitative estimate of drug-likeness (QED) is 0.462. The first-order valence-electron chi connectivity index (χ1n) is 5.35. The predicted octanol–water partition coefficient (Wildman–Crippen LogP) is 4.60. The molecule has 0 fully saturated rings. The highest BCUT2D eigenvalue weighted by atomic mass is 35.5. The van der Waals surface area contributed by atoms with Gasteiger partial charge < -0.3 is 4.74 Å². The van der Waals surface area contributed by atoms with Crippen molar-refractivity contribution in [3.63, 3.8) is 0 Å². The summed E-state index contributed by atoms with van der Waals surface area (Å²) in [6.07, 6.45) is 0.966. The fraction of sp³-hybridized carbons (Fsp3) is 0.308. The maximum absolute atomic E-state index is 12.1. The second-order valence-corrected chi connectivity index (χ2v) is 5.65. The van der Waals surface area contributed by atoms with Crippen LogP contribution >= 0.6 is 34.8 Å². The SMILES string of the molecule is CC(C)[C@@](Cl)(C(=O)OC=C(Cl)Cl)c1ccccc1. The number of halogens is 3. The monoisotopic (exact) mass is 306 g/mol. The van der Waals surface area contributed by atoms with Gasteiger partial charge in [-0.25, -0.2) is 4.79 Å². The lowest BCUT2D eigenvalue weighted by Crippen LogP contribution is -2.36. The molecular weight excluding hydrogens is 295 g/mol. The van der Waals surface area contributed by atoms with E-state index in [0.717, 1.165) is 6.26 Å². The third kappa shape index (κ3) is 3.41. The maximum atomic E-state index is 12.1. The van der Waals surface area contributed by atoms with E-state index in [1.54, 1.807) is 12.1 Å². The van der Waals surface area contributed by atoms with Crippen molar-refractivity contribution in [1.29, 1.82) is 0 Å². The minimum absolute atomic E-state index is 0.140. The maximum Gasteiger partial charge on any atom is 0.336 e. The molecule has 1 rings (SSSR count). The van der Waals surface area contributed by atoms with E-state index >= 15 is 0 Å².